The molecule has 0 bridgehead atoms. The lowest BCUT2D eigenvalue weighted by Gasteiger charge is -2.06. The van der Waals surface area contributed by atoms with Crippen molar-refractivity contribution in [2.45, 2.75) is 19.1 Å². The van der Waals surface area contributed by atoms with Crippen molar-refractivity contribution < 1.29 is 9.59 Å². The number of thioether (sulfide) groups is 1. The van der Waals surface area contributed by atoms with Crippen molar-refractivity contribution in [3.63, 3.8) is 0 Å². The third-order valence-corrected chi connectivity index (χ3v) is 3.93. The van der Waals surface area contributed by atoms with E-state index in [-0.39, 0.29) is 5.25 Å². The van der Waals surface area contributed by atoms with E-state index in [4.69, 9.17) is 0 Å². The molecule has 110 valence electrons. The second kappa shape index (κ2) is 6.53. The van der Waals surface area contributed by atoms with E-state index in [0.717, 1.165) is 5.69 Å². The van der Waals surface area contributed by atoms with Crippen LogP contribution in [0.5, 0.6) is 0 Å². The number of Topliss-reactive ketones (excluding diaryl/α,β-unsaturated/α-hetero) is 1. The Labute approximate surface area is 127 Å². The molecule has 0 fully saturated rings. The van der Waals surface area contributed by atoms with E-state index >= 15 is 0 Å². The van der Waals surface area contributed by atoms with Crippen LogP contribution in [0.2, 0.25) is 0 Å². The highest BCUT2D eigenvalue weighted by Crippen LogP contribution is 2.16. The van der Waals surface area contributed by atoms with Crippen molar-refractivity contribution in [2.75, 3.05) is 11.6 Å². The molecule has 1 unspecified atom stereocenters. The Morgan fingerprint density at radius 3 is 2.81 bits per heavy atom. The number of hydrogen-bond acceptors (Lipinski definition) is 5. The molecule has 6 nitrogen and oxygen atoms in total. The standard InChI is InChI=1S/C14H16N4O2S/c1-9-12(16-14(20)13(19)10(2)21-3)8-18(17-9)11-5-4-6-15-7-11/h4-8,10H,1-3H3,(H,16,20). The molecule has 2 aromatic rings. The molecule has 1 amide bonds. The van der Waals surface area contributed by atoms with Crippen LogP contribution in [0, 0.1) is 6.92 Å². The number of amides is 1. The Hall–Kier alpha value is -2.15. The Balaban J connectivity index is 2.17. The van der Waals surface area contributed by atoms with Crippen molar-refractivity contribution >= 4 is 29.1 Å². The van der Waals surface area contributed by atoms with Gasteiger partial charge in [-0.15, -0.1) is 0 Å². The number of carbonyl (C=O) groups is 2. The molecule has 0 aromatic carbocycles. The number of ketones is 1. The minimum Gasteiger partial charge on any atom is -0.316 e. The molecule has 0 aliphatic rings. The summed E-state index contributed by atoms with van der Waals surface area (Å²) in [5.41, 5.74) is 1.94. The third kappa shape index (κ3) is 3.49. The zero-order valence-electron chi connectivity index (χ0n) is 12.0. The van der Waals surface area contributed by atoms with Crippen molar-refractivity contribution in [1.82, 2.24) is 14.8 Å². The van der Waals surface area contributed by atoms with E-state index in [1.165, 1.54) is 11.8 Å². The van der Waals surface area contributed by atoms with E-state index in [9.17, 15) is 9.59 Å². The lowest BCUT2D eigenvalue weighted by Crippen LogP contribution is -2.29. The van der Waals surface area contributed by atoms with Gasteiger partial charge in [-0.05, 0) is 32.2 Å². The van der Waals surface area contributed by atoms with Gasteiger partial charge in [0.1, 0.15) is 0 Å². The van der Waals surface area contributed by atoms with Crippen molar-refractivity contribution in [2.24, 2.45) is 0 Å². The number of hydrogen-bond donors (Lipinski definition) is 1. The summed E-state index contributed by atoms with van der Waals surface area (Å²) >= 11 is 1.34. The number of nitrogens with zero attached hydrogens (tertiary/aromatic N) is 3. The van der Waals surface area contributed by atoms with E-state index < -0.39 is 11.7 Å². The van der Waals surface area contributed by atoms with Crippen molar-refractivity contribution in [1.29, 1.82) is 0 Å². The van der Waals surface area contributed by atoms with Crippen LogP contribution < -0.4 is 5.32 Å². The Morgan fingerprint density at radius 1 is 1.43 bits per heavy atom. The minimum atomic E-state index is -0.620. The van der Waals surface area contributed by atoms with E-state index in [1.807, 2.05) is 6.07 Å². The largest absolute Gasteiger partial charge is 0.316 e. The number of carbonyl (C=O) groups excluding carboxylic acids is 2. The summed E-state index contributed by atoms with van der Waals surface area (Å²) in [4.78, 5) is 27.7. The van der Waals surface area contributed by atoms with Gasteiger partial charge in [0.05, 0.1) is 34.7 Å². The minimum absolute atomic E-state index is 0.362. The second-order valence-electron chi connectivity index (χ2n) is 4.48. The van der Waals surface area contributed by atoms with Crippen LogP contribution in [-0.4, -0.2) is 38.0 Å². The smallest absolute Gasteiger partial charge is 0.293 e. The van der Waals surface area contributed by atoms with E-state index in [1.54, 1.807) is 49.4 Å². The van der Waals surface area contributed by atoms with Gasteiger partial charge in [-0.2, -0.15) is 16.9 Å². The van der Waals surface area contributed by atoms with Gasteiger partial charge in [0, 0.05) is 6.20 Å². The van der Waals surface area contributed by atoms with Crippen LogP contribution in [0.15, 0.2) is 30.7 Å². The molecule has 0 saturated carbocycles. The predicted octanol–water partition coefficient (Wildman–Crippen LogP) is 1.83. The first-order chi connectivity index (χ1) is 10.0. The molecule has 1 atom stereocenters. The highest BCUT2D eigenvalue weighted by molar-refractivity contribution is 8.00. The summed E-state index contributed by atoms with van der Waals surface area (Å²) < 4.78 is 1.61. The van der Waals surface area contributed by atoms with Crippen molar-refractivity contribution in [3.8, 4) is 5.69 Å². The highest BCUT2D eigenvalue weighted by Gasteiger charge is 2.21. The highest BCUT2D eigenvalue weighted by atomic mass is 32.2. The van der Waals surface area contributed by atoms with Gasteiger partial charge in [0.15, 0.2) is 0 Å². The van der Waals surface area contributed by atoms with Crippen LogP contribution >= 0.6 is 11.8 Å². The zero-order valence-corrected chi connectivity index (χ0v) is 12.8. The van der Waals surface area contributed by atoms with Crippen LogP contribution in [0.25, 0.3) is 5.69 Å². The molecular formula is C14H16N4O2S. The number of pyridine rings is 1. The Kier molecular flexibility index (Phi) is 4.74. The maximum Gasteiger partial charge on any atom is 0.293 e. The topological polar surface area (TPSA) is 76.9 Å². The first kappa shape index (κ1) is 15.2. The number of rotatable bonds is 5. The molecule has 21 heavy (non-hydrogen) atoms. The normalized spacial score (nSPS) is 12.0. The molecule has 2 aromatic heterocycles. The van der Waals surface area contributed by atoms with Gasteiger partial charge in [0.25, 0.3) is 5.91 Å². The SMILES string of the molecule is CSC(C)C(=O)C(=O)Nc1cn(-c2cccnc2)nc1C. The van der Waals surface area contributed by atoms with Gasteiger partial charge < -0.3 is 5.32 Å². The quantitative estimate of drug-likeness (QED) is 0.853. The maximum atomic E-state index is 11.9. The number of aromatic nitrogens is 3. The average Bonchev–Trinajstić information content (AvgIpc) is 2.87. The molecule has 0 aliphatic heterocycles. The first-order valence-electron chi connectivity index (χ1n) is 6.37. The van der Waals surface area contributed by atoms with Crippen molar-refractivity contribution in [3.05, 3.63) is 36.4 Å². The molecule has 0 radical (unpaired) electrons. The fourth-order valence-corrected chi connectivity index (χ4v) is 2.00. The number of aryl methyl sites for hydroxylation is 1. The van der Waals surface area contributed by atoms with E-state index in [0.29, 0.717) is 11.4 Å². The van der Waals surface area contributed by atoms with Gasteiger partial charge in [-0.1, -0.05) is 0 Å². The predicted molar refractivity (Wildman–Crippen MR) is 82.7 cm³/mol. The molecule has 0 aliphatic carbocycles. The number of nitrogens with one attached hydrogen (secondary N) is 1. The molecular weight excluding hydrogens is 288 g/mol. The van der Waals surface area contributed by atoms with Crippen LogP contribution in [0.4, 0.5) is 5.69 Å². The molecule has 2 heterocycles. The summed E-state index contributed by atoms with van der Waals surface area (Å²) in [5, 5.41) is 6.55. The van der Waals surface area contributed by atoms with Gasteiger partial charge in [-0.3, -0.25) is 14.6 Å². The summed E-state index contributed by atoms with van der Waals surface area (Å²) in [7, 11) is 0. The second-order valence-corrected chi connectivity index (χ2v) is 5.66. The van der Waals surface area contributed by atoms with Gasteiger partial charge in [0.2, 0.25) is 5.78 Å². The Morgan fingerprint density at radius 2 is 2.19 bits per heavy atom. The average molecular weight is 304 g/mol. The van der Waals surface area contributed by atoms with Crippen LogP contribution in [0.3, 0.4) is 0 Å². The van der Waals surface area contributed by atoms with Crippen LogP contribution in [-0.2, 0) is 9.59 Å². The summed E-state index contributed by atoms with van der Waals surface area (Å²) in [6, 6.07) is 3.65. The lowest BCUT2D eigenvalue weighted by molar-refractivity contribution is -0.134. The summed E-state index contributed by atoms with van der Waals surface area (Å²) in [6.45, 7) is 3.48. The van der Waals surface area contributed by atoms with Gasteiger partial charge >= 0.3 is 0 Å². The van der Waals surface area contributed by atoms with Gasteiger partial charge in [-0.25, -0.2) is 4.68 Å². The monoisotopic (exact) mass is 304 g/mol. The maximum absolute atomic E-state index is 11.9. The molecule has 2 rings (SSSR count). The summed E-state index contributed by atoms with van der Waals surface area (Å²) in [5.74, 6) is -1.07. The molecule has 1 N–H and O–H groups in total. The summed E-state index contributed by atoms with van der Waals surface area (Å²) in [6.07, 6.45) is 6.80. The van der Waals surface area contributed by atoms with E-state index in [2.05, 4.69) is 15.4 Å². The zero-order chi connectivity index (χ0) is 15.4. The molecule has 0 saturated heterocycles. The molecule has 0 spiro atoms. The molecule has 7 heteroatoms. The fraction of sp³-hybridized carbons (Fsp3) is 0.286. The third-order valence-electron chi connectivity index (χ3n) is 3.00. The lowest BCUT2D eigenvalue weighted by atomic mass is 10.3. The number of anilines is 1. The fourth-order valence-electron chi connectivity index (χ4n) is 1.68. The van der Waals surface area contributed by atoms with Crippen LogP contribution in [0.1, 0.15) is 12.6 Å². The Bertz CT molecular complexity index is 654. The first-order valence-corrected chi connectivity index (χ1v) is 7.66.